The highest BCUT2D eigenvalue weighted by molar-refractivity contribution is 7.00. The predicted octanol–water partition coefficient (Wildman–Crippen LogP) is 11.2. The van der Waals surface area contributed by atoms with Crippen LogP contribution < -0.4 is 31.1 Å². The highest BCUT2D eigenvalue weighted by Crippen LogP contribution is 2.60. The maximum absolute atomic E-state index is 8.13. The van der Waals surface area contributed by atoms with Gasteiger partial charge in [0.05, 0.1) is 18.3 Å². The average Bonchev–Trinajstić information content (AvgIpc) is 3.29. The van der Waals surface area contributed by atoms with Crippen molar-refractivity contribution in [3.8, 4) is 0 Å². The van der Waals surface area contributed by atoms with Crippen LogP contribution in [-0.2, 0) is 32.5 Å². The van der Waals surface area contributed by atoms with Crippen LogP contribution in [0, 0.1) is 0 Å². The van der Waals surface area contributed by atoms with E-state index in [1.807, 2.05) is 0 Å². The predicted molar refractivity (Wildman–Crippen MR) is 282 cm³/mol. The van der Waals surface area contributed by atoms with Gasteiger partial charge in [-0.2, -0.15) is 0 Å². The Hall–Kier alpha value is -4.93. The topological polar surface area (TPSA) is 27.7 Å². The zero-order valence-corrected chi connectivity index (χ0v) is 43.4. The first-order valence-corrected chi connectivity index (χ1v) is 29.9. The van der Waals surface area contributed by atoms with E-state index >= 15 is 0 Å². The summed E-state index contributed by atoms with van der Waals surface area (Å²) in [4.78, 5) is 0. The molecule has 3 nitrogen and oxygen atoms in total. The van der Waals surface area contributed by atoms with Crippen molar-refractivity contribution in [3.05, 3.63) is 215 Å². The Balaban J connectivity index is 1.15. The molecule has 3 aliphatic carbocycles. The van der Waals surface area contributed by atoms with Gasteiger partial charge in [0.15, 0.2) is 0 Å². The lowest BCUT2D eigenvalue weighted by Gasteiger charge is -2.55. The van der Waals surface area contributed by atoms with Gasteiger partial charge in [-0.3, -0.25) is 0 Å². The van der Waals surface area contributed by atoms with Gasteiger partial charge in [-0.1, -0.05) is 244 Å². The van der Waals surface area contributed by atoms with Crippen molar-refractivity contribution >= 4 is 56.1 Å². The quantitative estimate of drug-likeness (QED) is 0.114. The summed E-state index contributed by atoms with van der Waals surface area (Å²) in [5, 5.41) is 7.50. The SMILES string of the molecule is CC(C)(C)[Si](OC1Cc2c3c(c4c(c21)CC4O[Si](c1ccccc1)(c1ccccc1)C(C)(C)C)C(O[Si](c1ccccc1)(c1ccccc1)C(C)(C)C)C3)(c1ccccc1)c1ccccc1. The highest BCUT2D eigenvalue weighted by atomic mass is 28.4. The minimum atomic E-state index is -2.91. The van der Waals surface area contributed by atoms with Crippen molar-refractivity contribution in [3.63, 3.8) is 0 Å². The number of benzene rings is 7. The molecule has 10 rings (SSSR count). The van der Waals surface area contributed by atoms with E-state index in [1.165, 1.54) is 64.5 Å². The summed E-state index contributed by atoms with van der Waals surface area (Å²) in [5.41, 5.74) is 8.62. The summed E-state index contributed by atoms with van der Waals surface area (Å²) in [6.07, 6.45) is 2.55. The van der Waals surface area contributed by atoms with Crippen molar-refractivity contribution in [2.24, 2.45) is 0 Å². The number of rotatable bonds is 12. The Kier molecular flexibility index (Phi) is 11.3. The van der Waals surface area contributed by atoms with Crippen molar-refractivity contribution < 1.29 is 13.3 Å². The fourth-order valence-corrected chi connectivity index (χ4v) is 26.2. The molecule has 0 saturated carbocycles. The molecular weight excluding hydrogens is 853 g/mol. The molecule has 7 aromatic carbocycles. The first kappa shape index (κ1) is 44.9. The molecule has 3 aliphatic rings. The van der Waals surface area contributed by atoms with Gasteiger partial charge in [0.1, 0.15) is 0 Å². The molecule has 0 aromatic heterocycles. The van der Waals surface area contributed by atoms with Gasteiger partial charge in [0, 0.05) is 19.3 Å². The molecule has 0 radical (unpaired) electrons. The minimum absolute atomic E-state index is 0.00387. The van der Waals surface area contributed by atoms with Crippen molar-refractivity contribution in [2.45, 2.75) is 115 Å². The third kappa shape index (κ3) is 6.97. The van der Waals surface area contributed by atoms with Crippen LogP contribution in [0.2, 0.25) is 15.1 Å². The second kappa shape index (κ2) is 16.7. The largest absolute Gasteiger partial charge is 0.400 e. The monoisotopic (exact) mass is 918 g/mol. The smallest absolute Gasteiger partial charge is 0.261 e. The molecule has 0 amide bonds. The number of fused-ring (bicyclic) bond motifs is 6. The summed E-state index contributed by atoms with van der Waals surface area (Å²) in [6.45, 7) is 21.6. The van der Waals surface area contributed by atoms with Gasteiger partial charge < -0.3 is 13.3 Å². The molecule has 0 spiro atoms. The maximum atomic E-state index is 8.13. The van der Waals surface area contributed by atoms with Crippen LogP contribution in [0.3, 0.4) is 0 Å². The van der Waals surface area contributed by atoms with Crippen LogP contribution in [0.5, 0.6) is 0 Å². The molecule has 3 unspecified atom stereocenters. The molecule has 0 N–H and O–H groups in total. The Bertz CT molecular complexity index is 2690. The summed E-state index contributed by atoms with van der Waals surface area (Å²) >= 11 is 0. The number of hydrogen-bond acceptors (Lipinski definition) is 3. The second-order valence-corrected chi connectivity index (χ2v) is 34.9. The molecule has 0 aliphatic heterocycles. The summed E-state index contributed by atoms with van der Waals surface area (Å²) in [7, 11) is -8.62. The second-order valence-electron chi connectivity index (χ2n) is 22.1. The molecule has 0 fully saturated rings. The maximum Gasteiger partial charge on any atom is 0.261 e. The van der Waals surface area contributed by atoms with Crippen LogP contribution >= 0.6 is 0 Å². The van der Waals surface area contributed by atoms with Gasteiger partial charge >= 0.3 is 0 Å². The highest BCUT2D eigenvalue weighted by Gasteiger charge is 2.59. The van der Waals surface area contributed by atoms with Crippen molar-refractivity contribution in [2.75, 3.05) is 0 Å². The Labute approximate surface area is 397 Å². The Morgan fingerprint density at radius 1 is 0.288 bits per heavy atom. The standard InChI is InChI=1S/C60H66O3Si3/c1-58(2,3)64(43-28-16-10-17-29-43,44-30-18-11-19-31-44)61-52-40-49-50-41-53(62-65(59(4,5)6,45-32-20-12-21-33-45)46-34-22-13-23-35-46)56(50)57-51(55(49)52)42-54(57)63-66(60(7,8)9,47-36-24-14-25-37-47)48-38-26-15-27-39-48/h10-39,52-54H,40-42H2,1-9H3. The average molecular weight is 919 g/mol. The van der Waals surface area contributed by atoms with E-state index in [4.69, 9.17) is 13.3 Å². The molecule has 336 valence electrons. The van der Waals surface area contributed by atoms with Crippen LogP contribution in [0.15, 0.2) is 182 Å². The van der Waals surface area contributed by atoms with E-state index in [1.54, 1.807) is 0 Å². The molecule has 6 heteroatoms. The normalized spacial score (nSPS) is 18.2. The number of hydrogen-bond donors (Lipinski definition) is 0. The van der Waals surface area contributed by atoms with Gasteiger partial charge in [0.2, 0.25) is 0 Å². The van der Waals surface area contributed by atoms with E-state index in [-0.39, 0.29) is 33.4 Å². The lowest BCUT2D eigenvalue weighted by molar-refractivity contribution is 0.120. The zero-order chi connectivity index (χ0) is 46.1. The molecular formula is C60H66O3Si3. The third-order valence-corrected chi connectivity index (χ3v) is 30.4. The molecule has 3 atom stereocenters. The van der Waals surface area contributed by atoms with Crippen LogP contribution in [0.1, 0.15) is 114 Å². The fraction of sp³-hybridized carbons (Fsp3) is 0.300. The molecule has 0 bridgehead atoms. The van der Waals surface area contributed by atoms with E-state index in [0.717, 1.165) is 19.3 Å². The summed E-state index contributed by atoms with van der Waals surface area (Å²) < 4.78 is 24.2. The van der Waals surface area contributed by atoms with Gasteiger partial charge in [0.25, 0.3) is 25.0 Å². The zero-order valence-electron chi connectivity index (χ0n) is 40.4. The third-order valence-electron chi connectivity index (χ3n) is 15.3. The van der Waals surface area contributed by atoms with E-state index in [0.29, 0.717) is 0 Å². The Morgan fingerprint density at radius 3 is 0.727 bits per heavy atom. The van der Waals surface area contributed by atoms with E-state index in [9.17, 15) is 0 Å². The first-order chi connectivity index (χ1) is 31.6. The van der Waals surface area contributed by atoms with Crippen molar-refractivity contribution in [1.29, 1.82) is 0 Å². The minimum Gasteiger partial charge on any atom is -0.400 e. The first-order valence-electron chi connectivity index (χ1n) is 24.2. The van der Waals surface area contributed by atoms with E-state index in [2.05, 4.69) is 244 Å². The van der Waals surface area contributed by atoms with Crippen LogP contribution in [0.4, 0.5) is 0 Å². The summed E-state index contributed by atoms with van der Waals surface area (Å²) in [6, 6.07) is 67.0. The summed E-state index contributed by atoms with van der Waals surface area (Å²) in [5.74, 6) is 0. The van der Waals surface area contributed by atoms with E-state index < -0.39 is 25.0 Å². The van der Waals surface area contributed by atoms with Crippen LogP contribution in [-0.4, -0.2) is 25.0 Å². The van der Waals surface area contributed by atoms with Gasteiger partial charge in [-0.15, -0.1) is 0 Å². The molecule has 0 heterocycles. The Morgan fingerprint density at radius 2 is 0.485 bits per heavy atom. The lowest BCUT2D eigenvalue weighted by atomic mass is 9.62. The molecule has 7 aromatic rings. The fourth-order valence-electron chi connectivity index (χ4n) is 12.3. The lowest BCUT2D eigenvalue weighted by Crippen LogP contribution is -2.68. The van der Waals surface area contributed by atoms with Crippen LogP contribution in [0.25, 0.3) is 0 Å². The van der Waals surface area contributed by atoms with Gasteiger partial charge in [-0.25, -0.2) is 0 Å². The molecule has 66 heavy (non-hydrogen) atoms. The molecule has 0 saturated heterocycles. The van der Waals surface area contributed by atoms with Crippen molar-refractivity contribution in [1.82, 2.24) is 0 Å². The van der Waals surface area contributed by atoms with Gasteiger partial charge in [-0.05, 0) is 79.6 Å².